The van der Waals surface area contributed by atoms with Crippen molar-refractivity contribution in [3.63, 3.8) is 0 Å². The van der Waals surface area contributed by atoms with Crippen molar-refractivity contribution in [2.45, 2.75) is 6.92 Å². The molecule has 1 aliphatic heterocycles. The van der Waals surface area contributed by atoms with Crippen molar-refractivity contribution in [3.05, 3.63) is 42.3 Å². The van der Waals surface area contributed by atoms with E-state index in [9.17, 15) is 14.4 Å². The summed E-state index contributed by atoms with van der Waals surface area (Å²) in [5.74, 6) is -2.21. The van der Waals surface area contributed by atoms with Gasteiger partial charge in [-0.2, -0.15) is 4.98 Å². The van der Waals surface area contributed by atoms with E-state index in [0.29, 0.717) is 9.86 Å². The van der Waals surface area contributed by atoms with Crippen LogP contribution in [0.15, 0.2) is 5.38 Å². The van der Waals surface area contributed by atoms with Gasteiger partial charge in [-0.1, -0.05) is 46.4 Å². The monoisotopic (exact) mass is 477 g/mol. The number of hydrogen-bond donors (Lipinski definition) is 1. The lowest BCUT2D eigenvalue weighted by atomic mass is 10.1. The minimum Gasteiger partial charge on any atom is -0.292 e. The Labute approximate surface area is 180 Å². The number of anilines is 1. The maximum Gasteiger partial charge on any atom is 0.263 e. The normalized spacial score (nSPS) is 13.5. The number of thiazole rings is 1. The Hall–Kier alpha value is -1.91. The van der Waals surface area contributed by atoms with Crippen LogP contribution in [0.25, 0.3) is 4.96 Å². The lowest BCUT2D eigenvalue weighted by molar-refractivity contribution is -0.116. The summed E-state index contributed by atoms with van der Waals surface area (Å²) in [5.41, 5.74) is 0.483. The first-order valence-electron chi connectivity index (χ1n) is 7.53. The molecule has 4 rings (SSSR count). The summed E-state index contributed by atoms with van der Waals surface area (Å²) < 4.78 is 1.56. The second kappa shape index (κ2) is 6.85. The van der Waals surface area contributed by atoms with Crippen LogP contribution in [0, 0.1) is 6.92 Å². The summed E-state index contributed by atoms with van der Waals surface area (Å²) in [6.07, 6.45) is 0. The van der Waals surface area contributed by atoms with E-state index in [1.165, 1.54) is 11.3 Å². The Balaban J connectivity index is 1.59. The fourth-order valence-corrected chi connectivity index (χ4v) is 4.51. The number of nitrogens with one attached hydrogen (secondary N) is 1. The van der Waals surface area contributed by atoms with E-state index in [1.807, 2.05) is 12.3 Å². The van der Waals surface area contributed by atoms with Gasteiger partial charge in [0.2, 0.25) is 16.8 Å². The maximum absolute atomic E-state index is 12.6. The Morgan fingerprint density at radius 1 is 1.07 bits per heavy atom. The molecule has 144 valence electrons. The number of rotatable bonds is 3. The van der Waals surface area contributed by atoms with Crippen LogP contribution in [0.3, 0.4) is 0 Å². The van der Waals surface area contributed by atoms with E-state index in [2.05, 4.69) is 15.4 Å². The third kappa shape index (κ3) is 2.85. The molecule has 3 amide bonds. The summed E-state index contributed by atoms with van der Waals surface area (Å²) in [5, 5.41) is 7.78. The highest BCUT2D eigenvalue weighted by molar-refractivity contribution is 7.15. The smallest absolute Gasteiger partial charge is 0.263 e. The van der Waals surface area contributed by atoms with Crippen molar-refractivity contribution < 1.29 is 14.4 Å². The first-order chi connectivity index (χ1) is 13.2. The molecule has 13 heteroatoms. The molecular formula is C15H7Cl4N5O3S. The number of carbonyl (C=O) groups is 3. The van der Waals surface area contributed by atoms with Crippen molar-refractivity contribution in [1.29, 1.82) is 0 Å². The van der Waals surface area contributed by atoms with Gasteiger partial charge in [0.15, 0.2) is 0 Å². The van der Waals surface area contributed by atoms with Crippen molar-refractivity contribution in [2.24, 2.45) is 0 Å². The van der Waals surface area contributed by atoms with Crippen molar-refractivity contribution in [3.8, 4) is 0 Å². The average molecular weight is 479 g/mol. The molecular weight excluding hydrogens is 472 g/mol. The van der Waals surface area contributed by atoms with Crippen LogP contribution >= 0.6 is 57.7 Å². The number of benzene rings is 1. The standard InChI is InChI=1S/C15H7Cl4N5O3S/c1-4-3-28-15-21-14(22-24(4)15)20-5(25)2-23-12(26)6-7(13(23)27)9(17)11(19)10(18)8(6)16/h3H,2H2,1H3,(H,20,22,25). The number of imide groups is 1. The molecule has 0 spiro atoms. The summed E-state index contributed by atoms with van der Waals surface area (Å²) in [7, 11) is 0. The molecule has 0 aliphatic carbocycles. The first-order valence-corrected chi connectivity index (χ1v) is 9.92. The quantitative estimate of drug-likeness (QED) is 0.349. The topological polar surface area (TPSA) is 96.7 Å². The number of fused-ring (bicyclic) bond motifs is 2. The molecule has 1 aromatic carbocycles. The molecule has 1 aliphatic rings. The predicted octanol–water partition coefficient (Wildman–Crippen LogP) is 3.95. The average Bonchev–Trinajstić information content (AvgIpc) is 3.27. The molecule has 0 bridgehead atoms. The van der Waals surface area contributed by atoms with Gasteiger partial charge in [-0.3, -0.25) is 24.6 Å². The van der Waals surface area contributed by atoms with E-state index in [1.54, 1.807) is 4.52 Å². The highest BCUT2D eigenvalue weighted by Gasteiger charge is 2.42. The van der Waals surface area contributed by atoms with Gasteiger partial charge >= 0.3 is 0 Å². The zero-order chi connectivity index (χ0) is 20.3. The maximum atomic E-state index is 12.6. The molecule has 8 nitrogen and oxygen atoms in total. The number of aryl methyl sites for hydroxylation is 1. The van der Waals surface area contributed by atoms with Crippen LogP contribution in [-0.2, 0) is 4.79 Å². The van der Waals surface area contributed by atoms with Gasteiger partial charge in [-0.25, -0.2) is 4.52 Å². The van der Waals surface area contributed by atoms with Gasteiger partial charge in [-0.15, -0.1) is 16.4 Å². The molecule has 3 aromatic rings. The van der Waals surface area contributed by atoms with E-state index < -0.39 is 24.3 Å². The zero-order valence-corrected chi connectivity index (χ0v) is 17.6. The van der Waals surface area contributed by atoms with Gasteiger partial charge < -0.3 is 0 Å². The minimum atomic E-state index is -0.796. The zero-order valence-electron chi connectivity index (χ0n) is 13.7. The summed E-state index contributed by atoms with van der Waals surface area (Å²) in [6, 6.07) is 0. The van der Waals surface area contributed by atoms with Crippen molar-refractivity contribution in [2.75, 3.05) is 11.9 Å². The Bertz CT molecular complexity index is 1160. The molecule has 0 saturated carbocycles. The van der Waals surface area contributed by atoms with Crippen molar-refractivity contribution in [1.82, 2.24) is 19.5 Å². The summed E-state index contributed by atoms with van der Waals surface area (Å²) >= 11 is 25.4. The molecule has 0 unspecified atom stereocenters. The fraction of sp³-hybridized carbons (Fsp3) is 0.133. The van der Waals surface area contributed by atoms with Crippen molar-refractivity contribution >= 4 is 86.4 Å². The molecule has 1 N–H and O–H groups in total. The molecule has 0 fully saturated rings. The van der Waals surface area contributed by atoms with Gasteiger partial charge in [0.25, 0.3) is 11.8 Å². The van der Waals surface area contributed by atoms with Crippen LogP contribution < -0.4 is 5.32 Å². The molecule has 0 radical (unpaired) electrons. The molecule has 2 aromatic heterocycles. The lowest BCUT2D eigenvalue weighted by Gasteiger charge is -2.12. The number of amides is 3. The predicted molar refractivity (Wildman–Crippen MR) is 106 cm³/mol. The van der Waals surface area contributed by atoms with Gasteiger partial charge in [0.1, 0.15) is 6.54 Å². The fourth-order valence-electron chi connectivity index (χ4n) is 2.69. The molecule has 0 atom stereocenters. The first kappa shape index (κ1) is 19.4. The van der Waals surface area contributed by atoms with E-state index in [4.69, 9.17) is 46.4 Å². The summed E-state index contributed by atoms with van der Waals surface area (Å²) in [4.78, 5) is 43.0. The van der Waals surface area contributed by atoms with Crippen LogP contribution in [-0.4, -0.2) is 43.8 Å². The van der Waals surface area contributed by atoms with Crippen LogP contribution in [0.4, 0.5) is 5.95 Å². The summed E-state index contributed by atoms with van der Waals surface area (Å²) in [6.45, 7) is 1.26. The number of aromatic nitrogens is 3. The number of halogens is 4. The van der Waals surface area contributed by atoms with Crippen LogP contribution in [0.1, 0.15) is 26.4 Å². The Morgan fingerprint density at radius 3 is 2.18 bits per heavy atom. The SMILES string of the molecule is Cc1csc2nc(NC(=O)CN3C(=O)c4c(Cl)c(Cl)c(Cl)c(Cl)c4C3=O)nn12. The van der Waals surface area contributed by atoms with E-state index in [0.717, 1.165) is 5.69 Å². The van der Waals surface area contributed by atoms with E-state index >= 15 is 0 Å². The highest BCUT2D eigenvalue weighted by atomic mass is 35.5. The second-order valence-corrected chi connectivity index (χ2v) is 8.11. The second-order valence-electron chi connectivity index (χ2n) is 5.76. The van der Waals surface area contributed by atoms with Crippen LogP contribution in [0.2, 0.25) is 20.1 Å². The van der Waals surface area contributed by atoms with Gasteiger partial charge in [-0.05, 0) is 6.92 Å². The number of carbonyl (C=O) groups excluding carboxylic acids is 3. The van der Waals surface area contributed by atoms with E-state index in [-0.39, 0.29) is 37.2 Å². The molecule has 28 heavy (non-hydrogen) atoms. The van der Waals surface area contributed by atoms with Crippen LogP contribution in [0.5, 0.6) is 0 Å². The number of nitrogens with zero attached hydrogens (tertiary/aromatic N) is 4. The third-order valence-corrected chi connectivity index (χ3v) is 6.72. The van der Waals surface area contributed by atoms with Gasteiger partial charge in [0, 0.05) is 5.38 Å². The number of hydrogen-bond acceptors (Lipinski definition) is 6. The largest absolute Gasteiger partial charge is 0.292 e. The Kier molecular flexibility index (Phi) is 4.75. The molecule has 3 heterocycles. The third-order valence-electron chi connectivity index (χ3n) is 3.98. The molecule has 0 saturated heterocycles. The minimum absolute atomic E-state index is 0.0544. The highest BCUT2D eigenvalue weighted by Crippen LogP contribution is 2.44. The Morgan fingerprint density at radius 2 is 1.64 bits per heavy atom. The van der Waals surface area contributed by atoms with Gasteiger partial charge in [0.05, 0.1) is 36.9 Å². The lowest BCUT2D eigenvalue weighted by Crippen LogP contribution is -2.37.